The summed E-state index contributed by atoms with van der Waals surface area (Å²) in [6, 6.07) is 9.94. The van der Waals surface area contributed by atoms with E-state index in [0.717, 1.165) is 78.2 Å². The molecular formula is C38H40N6O6. The highest BCUT2D eigenvalue weighted by Gasteiger charge is 2.40. The number of ether oxygens (including phenoxy) is 2. The summed E-state index contributed by atoms with van der Waals surface area (Å²) in [5.74, 6) is 0.704. The zero-order valence-corrected chi connectivity index (χ0v) is 28.5. The monoisotopic (exact) mass is 676 g/mol. The first-order valence-electron chi connectivity index (χ1n) is 17.2. The van der Waals surface area contributed by atoms with Gasteiger partial charge in [-0.3, -0.25) is 39.3 Å². The van der Waals surface area contributed by atoms with E-state index in [1.54, 1.807) is 43.1 Å². The normalized spacial score (nSPS) is 19.9. The van der Waals surface area contributed by atoms with Crippen LogP contribution >= 0.6 is 0 Å². The third kappa shape index (κ3) is 5.52. The first-order chi connectivity index (χ1) is 24.2. The van der Waals surface area contributed by atoms with E-state index in [9.17, 15) is 19.2 Å². The second kappa shape index (κ2) is 12.7. The summed E-state index contributed by atoms with van der Waals surface area (Å²) in [7, 11) is 5.10. The van der Waals surface area contributed by atoms with Gasteiger partial charge in [-0.1, -0.05) is 6.07 Å². The van der Waals surface area contributed by atoms with Crippen molar-refractivity contribution in [1.82, 2.24) is 29.6 Å². The van der Waals surface area contributed by atoms with Crippen molar-refractivity contribution in [2.45, 2.75) is 63.9 Å². The van der Waals surface area contributed by atoms with Gasteiger partial charge in [0, 0.05) is 75.4 Å². The highest BCUT2D eigenvalue weighted by Crippen LogP contribution is 2.39. The molecule has 0 spiro atoms. The number of methoxy groups -OCH3 is 2. The van der Waals surface area contributed by atoms with Crippen LogP contribution in [0.5, 0.6) is 11.5 Å². The Morgan fingerprint density at radius 2 is 1.58 bits per heavy atom. The molecule has 1 N–H and O–H groups in total. The molecular weight excluding hydrogens is 636 g/mol. The number of amides is 3. The average molecular weight is 677 g/mol. The Labute approximate surface area is 289 Å². The summed E-state index contributed by atoms with van der Waals surface area (Å²) < 4.78 is 13.4. The average Bonchev–Trinajstić information content (AvgIpc) is 3.69. The minimum atomic E-state index is -0.597. The fourth-order valence-electron chi connectivity index (χ4n) is 8.26. The minimum absolute atomic E-state index is 0.0919. The molecule has 0 saturated carbocycles. The molecule has 1 unspecified atom stereocenters. The van der Waals surface area contributed by atoms with Crippen LogP contribution in [0.1, 0.15) is 58.3 Å². The van der Waals surface area contributed by atoms with Crippen LogP contribution in [0.15, 0.2) is 53.7 Å². The Bertz CT molecular complexity index is 2090. The molecule has 3 amide bonds. The molecule has 50 heavy (non-hydrogen) atoms. The van der Waals surface area contributed by atoms with Crippen molar-refractivity contribution in [2.24, 2.45) is 7.05 Å². The fourth-order valence-corrected chi connectivity index (χ4v) is 8.26. The smallest absolute Gasteiger partial charge is 0.259 e. The topological polar surface area (TPSA) is 126 Å². The van der Waals surface area contributed by atoms with Crippen molar-refractivity contribution in [3.8, 4) is 22.6 Å². The zero-order valence-electron chi connectivity index (χ0n) is 28.5. The maximum Gasteiger partial charge on any atom is 0.259 e. The molecule has 2 saturated heterocycles. The molecule has 4 aliphatic rings. The molecule has 258 valence electrons. The van der Waals surface area contributed by atoms with Crippen LogP contribution in [0, 0.1) is 0 Å². The Hall–Kier alpha value is -5.07. The van der Waals surface area contributed by atoms with Gasteiger partial charge in [0.25, 0.3) is 11.5 Å². The number of piperidine rings is 2. The molecule has 8 rings (SSSR count). The highest BCUT2D eigenvalue weighted by atomic mass is 16.5. The number of nitrogens with zero attached hydrogens (tertiary/aromatic N) is 5. The quantitative estimate of drug-likeness (QED) is 0.294. The molecule has 2 fully saturated rings. The first kappa shape index (κ1) is 32.2. The Kier molecular flexibility index (Phi) is 8.15. The number of carbonyl (C=O) groups excluding carboxylic acids is 3. The number of aromatic nitrogens is 2. The molecule has 4 aromatic rings. The van der Waals surface area contributed by atoms with Crippen molar-refractivity contribution in [3.63, 3.8) is 0 Å². The Morgan fingerprint density at radius 1 is 0.860 bits per heavy atom. The summed E-state index contributed by atoms with van der Waals surface area (Å²) in [5.41, 5.74) is 6.78. The third-order valence-electron chi connectivity index (χ3n) is 10.9. The standard InChI is InChI=1S/C38H40N6O6/c1-41-20-30(27-6-9-39-16-29(27)37(41)47)22-14-33(49-2)31(34(15-22)50-3)21-42-10-7-26(8-11-42)43-17-23-12-25-19-44(32-4-5-35(45)40-36(32)46)38(48)28(25)13-24(23)18-43/h6,9,12-16,20,26,32H,4-5,7-8,10-11,17-19,21H2,1-3H3,(H,40,45,46). The SMILES string of the molecule is COc1cc(-c2cn(C)c(=O)c3cnccc23)cc(OC)c1CN1CCC(N2Cc3cc4c(cc3C2)C(=O)N(C2CCC(=O)NC2=O)C4)CC1. The van der Waals surface area contributed by atoms with Gasteiger partial charge in [-0.15, -0.1) is 0 Å². The number of aryl methyl sites for hydroxylation is 1. The van der Waals surface area contributed by atoms with Crippen molar-refractivity contribution in [2.75, 3.05) is 27.3 Å². The van der Waals surface area contributed by atoms with Crippen LogP contribution in [0.4, 0.5) is 0 Å². The number of fused-ring (bicyclic) bond motifs is 3. The van der Waals surface area contributed by atoms with Gasteiger partial charge in [-0.05, 0) is 84.3 Å². The molecule has 1 atom stereocenters. The van der Waals surface area contributed by atoms with Crippen LogP contribution < -0.4 is 20.3 Å². The number of likely N-dealkylation sites (tertiary alicyclic amines) is 1. The summed E-state index contributed by atoms with van der Waals surface area (Å²) in [5, 5.41) is 3.77. The van der Waals surface area contributed by atoms with Crippen LogP contribution in [0.2, 0.25) is 0 Å². The van der Waals surface area contributed by atoms with E-state index in [0.29, 0.717) is 36.5 Å². The van der Waals surface area contributed by atoms with E-state index in [4.69, 9.17) is 9.47 Å². The van der Waals surface area contributed by atoms with Crippen LogP contribution in [0.3, 0.4) is 0 Å². The molecule has 12 nitrogen and oxygen atoms in total. The molecule has 0 bridgehead atoms. The maximum absolute atomic E-state index is 13.4. The summed E-state index contributed by atoms with van der Waals surface area (Å²) in [6.07, 6.45) is 7.83. The number of carbonyl (C=O) groups is 3. The molecule has 0 radical (unpaired) electrons. The van der Waals surface area contributed by atoms with Gasteiger partial charge >= 0.3 is 0 Å². The van der Waals surface area contributed by atoms with Crippen LogP contribution in [0.25, 0.3) is 21.9 Å². The minimum Gasteiger partial charge on any atom is -0.496 e. The van der Waals surface area contributed by atoms with E-state index < -0.39 is 6.04 Å². The number of hydrogen-bond acceptors (Lipinski definition) is 9. The van der Waals surface area contributed by atoms with Gasteiger partial charge < -0.3 is 18.9 Å². The molecule has 2 aromatic carbocycles. The lowest BCUT2D eigenvalue weighted by Crippen LogP contribution is -2.52. The van der Waals surface area contributed by atoms with E-state index >= 15 is 0 Å². The van der Waals surface area contributed by atoms with Gasteiger partial charge in [0.15, 0.2) is 0 Å². The summed E-state index contributed by atoms with van der Waals surface area (Å²) >= 11 is 0. The highest BCUT2D eigenvalue weighted by molar-refractivity contribution is 6.05. The number of rotatable bonds is 7. The van der Waals surface area contributed by atoms with Crippen molar-refractivity contribution < 1.29 is 23.9 Å². The second-order valence-electron chi connectivity index (χ2n) is 13.8. The lowest BCUT2D eigenvalue weighted by Gasteiger charge is -2.37. The zero-order chi connectivity index (χ0) is 34.7. The Balaban J connectivity index is 0.937. The fraction of sp³-hybridized carbons (Fsp3) is 0.395. The van der Waals surface area contributed by atoms with Gasteiger partial charge in [0.1, 0.15) is 17.5 Å². The predicted molar refractivity (Wildman–Crippen MR) is 186 cm³/mol. The number of benzene rings is 2. The van der Waals surface area contributed by atoms with Gasteiger partial charge in [0.2, 0.25) is 11.8 Å². The second-order valence-corrected chi connectivity index (χ2v) is 13.8. The lowest BCUT2D eigenvalue weighted by atomic mass is 9.98. The molecule has 0 aliphatic carbocycles. The molecule has 12 heteroatoms. The number of nitrogens with one attached hydrogen (secondary N) is 1. The lowest BCUT2D eigenvalue weighted by molar-refractivity contribution is -0.136. The number of imide groups is 1. The van der Waals surface area contributed by atoms with Crippen LogP contribution in [-0.4, -0.2) is 81.4 Å². The van der Waals surface area contributed by atoms with Crippen LogP contribution in [-0.2, 0) is 42.8 Å². The molecule has 2 aromatic heterocycles. The number of pyridine rings is 2. The van der Waals surface area contributed by atoms with Crippen molar-refractivity contribution >= 4 is 28.5 Å². The molecule has 6 heterocycles. The van der Waals surface area contributed by atoms with Crippen molar-refractivity contribution in [1.29, 1.82) is 0 Å². The largest absolute Gasteiger partial charge is 0.496 e. The van der Waals surface area contributed by atoms with Gasteiger partial charge in [0.05, 0.1) is 25.2 Å². The van der Waals surface area contributed by atoms with E-state index in [1.165, 1.54) is 11.1 Å². The Morgan fingerprint density at radius 3 is 2.28 bits per heavy atom. The number of hydrogen-bond donors (Lipinski definition) is 1. The van der Waals surface area contributed by atoms with E-state index in [2.05, 4.69) is 26.2 Å². The maximum atomic E-state index is 13.4. The summed E-state index contributed by atoms with van der Waals surface area (Å²) in [6.45, 7) is 4.60. The van der Waals surface area contributed by atoms with Gasteiger partial charge in [-0.2, -0.15) is 0 Å². The first-order valence-corrected chi connectivity index (χ1v) is 17.2. The third-order valence-corrected chi connectivity index (χ3v) is 10.9. The van der Waals surface area contributed by atoms with E-state index in [1.807, 2.05) is 30.5 Å². The predicted octanol–water partition coefficient (Wildman–Crippen LogP) is 3.36. The van der Waals surface area contributed by atoms with Gasteiger partial charge in [-0.25, -0.2) is 0 Å². The molecule has 4 aliphatic heterocycles. The summed E-state index contributed by atoms with van der Waals surface area (Å²) in [4.78, 5) is 61.0. The van der Waals surface area contributed by atoms with E-state index in [-0.39, 0.29) is 29.7 Å². The van der Waals surface area contributed by atoms with Crippen molar-refractivity contribution in [3.05, 3.63) is 87.1 Å².